The highest BCUT2D eigenvalue weighted by atomic mass is 16.4. The molecule has 1 heterocycles. The molecule has 0 radical (unpaired) electrons. The quantitative estimate of drug-likeness (QED) is 0.445. The molecule has 26 heavy (non-hydrogen) atoms. The van der Waals surface area contributed by atoms with Gasteiger partial charge in [-0.2, -0.15) is 0 Å². The van der Waals surface area contributed by atoms with Crippen LogP contribution in [0.15, 0.2) is 16.8 Å². The van der Waals surface area contributed by atoms with Crippen molar-refractivity contribution < 1.29 is 39.6 Å². The van der Waals surface area contributed by atoms with E-state index in [9.17, 15) is 39.6 Å². The molecule has 6 unspecified atom stereocenters. The maximum absolute atomic E-state index is 11.7. The summed E-state index contributed by atoms with van der Waals surface area (Å²) in [6.07, 6.45) is 2.01. The molecule has 2 aliphatic carbocycles. The molecule has 1 aliphatic heterocycles. The first-order valence-electron chi connectivity index (χ1n) is 8.16. The number of nitrogens with one attached hydrogen (secondary N) is 1. The van der Waals surface area contributed by atoms with Gasteiger partial charge in [0.25, 0.3) is 0 Å². The van der Waals surface area contributed by atoms with Crippen LogP contribution in [0.1, 0.15) is 19.3 Å². The number of carboxylic acids is 4. The van der Waals surface area contributed by atoms with Crippen LogP contribution in [0, 0.1) is 23.7 Å². The number of nitrogens with zero attached hydrogens (tertiary/aromatic N) is 1. The number of allylic oxidation sites excluding steroid dienone is 1. The Morgan fingerprint density at radius 1 is 0.923 bits per heavy atom. The third-order valence-electron chi connectivity index (χ3n) is 5.32. The van der Waals surface area contributed by atoms with Gasteiger partial charge in [-0.1, -0.05) is 6.08 Å². The second-order valence-corrected chi connectivity index (χ2v) is 6.80. The lowest BCUT2D eigenvalue weighted by Gasteiger charge is -2.43. The van der Waals surface area contributed by atoms with E-state index in [2.05, 4.69) is 10.3 Å². The number of carbonyl (C=O) groups is 4. The number of aliphatic carboxylic acids is 4. The Morgan fingerprint density at radius 2 is 1.62 bits per heavy atom. The van der Waals surface area contributed by atoms with Crippen molar-refractivity contribution in [2.24, 2.45) is 28.7 Å². The molecule has 0 saturated heterocycles. The predicted molar refractivity (Wildman–Crippen MR) is 84.6 cm³/mol. The van der Waals surface area contributed by atoms with Gasteiger partial charge in [0.15, 0.2) is 0 Å². The van der Waals surface area contributed by atoms with Crippen LogP contribution in [0.25, 0.3) is 0 Å². The number of rotatable bonds is 4. The van der Waals surface area contributed by atoms with E-state index in [0.717, 1.165) is 0 Å². The Balaban J connectivity index is 2.02. The highest BCUT2D eigenvalue weighted by Gasteiger charge is 2.54. The van der Waals surface area contributed by atoms with Gasteiger partial charge in [-0.3, -0.25) is 24.2 Å². The lowest BCUT2D eigenvalue weighted by atomic mass is 9.67. The summed E-state index contributed by atoms with van der Waals surface area (Å²) in [6, 6.07) is -1.15. The van der Waals surface area contributed by atoms with Gasteiger partial charge in [0, 0.05) is 6.04 Å². The van der Waals surface area contributed by atoms with E-state index in [1.165, 1.54) is 0 Å². The molecule has 0 aromatic rings. The van der Waals surface area contributed by atoms with Gasteiger partial charge >= 0.3 is 23.9 Å². The molecule has 140 valence electrons. The predicted octanol–water partition coefficient (Wildman–Crippen LogP) is -0.348. The number of carboxylic acid groups (broad SMARTS) is 4. The first-order chi connectivity index (χ1) is 12.2. The van der Waals surface area contributed by atoms with Gasteiger partial charge in [-0.05, 0) is 19.3 Å². The average Bonchev–Trinajstić information content (AvgIpc) is 2.57. The normalized spacial score (nSPS) is 36.0. The van der Waals surface area contributed by atoms with Crippen LogP contribution in [0.5, 0.6) is 0 Å². The van der Waals surface area contributed by atoms with Gasteiger partial charge in [-0.25, -0.2) is 0 Å². The molecule has 1 saturated carbocycles. The third-order valence-corrected chi connectivity index (χ3v) is 5.32. The standard InChI is InChI=1S/C16H18N2O8/c19-13(20)5-1-2-7-8(3-5)17-9-4-6(14(21)22)10(15(23)24)11(16(25)26)12(9)18-7/h2,5-6,8-11,17H,1,3-4H2,(H,19,20)(H,21,22)(H,23,24)(H,25,26). The van der Waals surface area contributed by atoms with E-state index in [1.807, 2.05) is 0 Å². The summed E-state index contributed by atoms with van der Waals surface area (Å²) in [6.45, 7) is 0. The fraction of sp³-hybridized carbons (Fsp3) is 0.562. The van der Waals surface area contributed by atoms with Gasteiger partial charge < -0.3 is 25.7 Å². The average molecular weight is 366 g/mol. The van der Waals surface area contributed by atoms with Crippen LogP contribution in [0.4, 0.5) is 0 Å². The number of aliphatic imine (C=N–C) groups is 1. The van der Waals surface area contributed by atoms with Crippen molar-refractivity contribution in [1.29, 1.82) is 0 Å². The molecule has 3 aliphatic rings. The Morgan fingerprint density at radius 3 is 2.15 bits per heavy atom. The maximum atomic E-state index is 11.7. The monoisotopic (exact) mass is 366 g/mol. The van der Waals surface area contributed by atoms with Crippen LogP contribution >= 0.6 is 0 Å². The van der Waals surface area contributed by atoms with Crippen molar-refractivity contribution in [1.82, 2.24) is 5.32 Å². The Bertz CT molecular complexity index is 743. The van der Waals surface area contributed by atoms with E-state index in [4.69, 9.17) is 0 Å². The second kappa shape index (κ2) is 6.52. The highest BCUT2D eigenvalue weighted by Crippen LogP contribution is 2.39. The van der Waals surface area contributed by atoms with Crippen molar-refractivity contribution >= 4 is 29.6 Å². The lowest BCUT2D eigenvalue weighted by molar-refractivity contribution is -0.161. The Hall–Kier alpha value is -2.75. The molecular formula is C16H18N2O8. The molecule has 0 amide bonds. The number of fused-ring (bicyclic) bond motifs is 2. The van der Waals surface area contributed by atoms with Crippen LogP contribution in [-0.2, 0) is 19.2 Å². The molecule has 10 heteroatoms. The van der Waals surface area contributed by atoms with Gasteiger partial charge in [0.05, 0.1) is 35.2 Å². The number of hydrogen-bond donors (Lipinski definition) is 5. The van der Waals surface area contributed by atoms with Gasteiger partial charge in [-0.15, -0.1) is 0 Å². The first kappa shape index (κ1) is 18.1. The van der Waals surface area contributed by atoms with Crippen molar-refractivity contribution in [2.75, 3.05) is 0 Å². The van der Waals surface area contributed by atoms with Crippen LogP contribution < -0.4 is 5.32 Å². The van der Waals surface area contributed by atoms with E-state index >= 15 is 0 Å². The number of hydrogen-bond acceptors (Lipinski definition) is 6. The van der Waals surface area contributed by atoms with Crippen molar-refractivity contribution in [3.05, 3.63) is 11.8 Å². The Kier molecular flexibility index (Phi) is 4.53. The van der Waals surface area contributed by atoms with Crippen molar-refractivity contribution in [3.63, 3.8) is 0 Å². The van der Waals surface area contributed by atoms with Crippen LogP contribution in [-0.4, -0.2) is 62.1 Å². The van der Waals surface area contributed by atoms with Gasteiger partial charge in [0.2, 0.25) is 0 Å². The third kappa shape index (κ3) is 2.96. The molecule has 0 aromatic heterocycles. The summed E-state index contributed by atoms with van der Waals surface area (Å²) >= 11 is 0. The minimum Gasteiger partial charge on any atom is -0.481 e. The molecule has 3 rings (SSSR count). The minimum absolute atomic E-state index is 0.0960. The fourth-order valence-electron chi connectivity index (χ4n) is 4.08. The molecule has 0 bridgehead atoms. The largest absolute Gasteiger partial charge is 0.481 e. The fourth-order valence-corrected chi connectivity index (χ4v) is 4.08. The summed E-state index contributed by atoms with van der Waals surface area (Å²) in [5.74, 6) is -10.4. The lowest BCUT2D eigenvalue weighted by Crippen LogP contribution is -2.60. The second-order valence-electron chi connectivity index (χ2n) is 6.80. The summed E-state index contributed by atoms with van der Waals surface area (Å²) < 4.78 is 0. The zero-order valence-corrected chi connectivity index (χ0v) is 13.5. The maximum Gasteiger partial charge on any atom is 0.313 e. The zero-order chi connectivity index (χ0) is 19.2. The summed E-state index contributed by atoms with van der Waals surface area (Å²) in [7, 11) is 0. The molecular weight excluding hydrogens is 348 g/mol. The van der Waals surface area contributed by atoms with E-state index < -0.39 is 59.6 Å². The molecule has 6 atom stereocenters. The molecule has 0 aromatic carbocycles. The van der Waals surface area contributed by atoms with E-state index in [1.54, 1.807) is 6.08 Å². The summed E-state index contributed by atoms with van der Waals surface area (Å²) in [5, 5.41) is 40.6. The molecule has 0 spiro atoms. The topological polar surface area (TPSA) is 174 Å². The molecule has 1 fully saturated rings. The smallest absolute Gasteiger partial charge is 0.313 e. The van der Waals surface area contributed by atoms with E-state index in [0.29, 0.717) is 5.70 Å². The Labute approximate surface area is 147 Å². The zero-order valence-electron chi connectivity index (χ0n) is 13.5. The summed E-state index contributed by atoms with van der Waals surface area (Å²) in [4.78, 5) is 50.4. The molecule has 10 nitrogen and oxygen atoms in total. The summed E-state index contributed by atoms with van der Waals surface area (Å²) in [5.41, 5.74) is 0.580. The highest BCUT2D eigenvalue weighted by molar-refractivity contribution is 6.10. The SMILES string of the molecule is O=C(O)C1CC=C2N=C3C(CC(C(=O)O)C(C(=O)O)C3C(=O)O)NC2C1. The first-order valence-corrected chi connectivity index (χ1v) is 8.16. The minimum atomic E-state index is -1.62. The van der Waals surface area contributed by atoms with Gasteiger partial charge in [0.1, 0.15) is 5.92 Å². The van der Waals surface area contributed by atoms with Crippen LogP contribution in [0.2, 0.25) is 0 Å². The van der Waals surface area contributed by atoms with Crippen LogP contribution in [0.3, 0.4) is 0 Å². The van der Waals surface area contributed by atoms with Crippen molar-refractivity contribution in [3.8, 4) is 0 Å². The van der Waals surface area contributed by atoms with E-state index in [-0.39, 0.29) is 25.0 Å². The van der Waals surface area contributed by atoms with Crippen molar-refractivity contribution in [2.45, 2.75) is 31.3 Å². The molecule has 5 N–H and O–H groups in total.